The summed E-state index contributed by atoms with van der Waals surface area (Å²) in [6.07, 6.45) is 5.78. The maximum Gasteiger partial charge on any atom is 0.256 e. The third kappa shape index (κ3) is 3.83. The van der Waals surface area contributed by atoms with Gasteiger partial charge in [-0.2, -0.15) is 0 Å². The van der Waals surface area contributed by atoms with Gasteiger partial charge in [-0.3, -0.25) is 9.79 Å². The van der Waals surface area contributed by atoms with Crippen molar-refractivity contribution in [3.8, 4) is 11.5 Å². The predicted molar refractivity (Wildman–Crippen MR) is 139 cm³/mol. The number of hydrogen-bond acceptors (Lipinski definition) is 4. The van der Waals surface area contributed by atoms with E-state index in [9.17, 15) is 4.79 Å². The predicted octanol–water partition coefficient (Wildman–Crippen LogP) is 5.98. The Morgan fingerprint density at radius 2 is 1.71 bits per heavy atom. The van der Waals surface area contributed by atoms with E-state index < -0.39 is 0 Å². The van der Waals surface area contributed by atoms with Crippen LogP contribution in [0.25, 0.3) is 21.8 Å². The maximum atomic E-state index is 13.0. The van der Waals surface area contributed by atoms with Crippen LogP contribution in [0.4, 0.5) is 5.69 Å². The average Bonchev–Trinajstić information content (AvgIpc) is 3.46. The van der Waals surface area contributed by atoms with Gasteiger partial charge in [0.05, 0.1) is 31.0 Å². The van der Waals surface area contributed by atoms with Crippen molar-refractivity contribution in [1.82, 2.24) is 9.47 Å². The van der Waals surface area contributed by atoms with Crippen molar-refractivity contribution in [3.63, 3.8) is 0 Å². The van der Waals surface area contributed by atoms with Crippen LogP contribution in [0.5, 0.6) is 11.5 Å². The van der Waals surface area contributed by atoms with Gasteiger partial charge in [-0.15, -0.1) is 0 Å². The lowest BCUT2D eigenvalue weighted by Gasteiger charge is -2.20. The summed E-state index contributed by atoms with van der Waals surface area (Å²) < 4.78 is 14.1. The Morgan fingerprint density at radius 1 is 0.971 bits per heavy atom. The number of carbonyl (C=O) groups excluding carboxylic acids is 1. The molecule has 6 rings (SSSR count). The largest absolute Gasteiger partial charge is 0.493 e. The summed E-state index contributed by atoms with van der Waals surface area (Å²) in [7, 11) is 1.61. The Kier molecular flexibility index (Phi) is 5.64. The number of aryl methyl sites for hydroxylation is 1. The summed E-state index contributed by atoms with van der Waals surface area (Å²) in [5.74, 6) is 1.23. The highest BCUT2D eigenvalue weighted by Gasteiger charge is 2.32. The molecule has 3 aromatic carbocycles. The number of benzene rings is 3. The molecule has 2 aliphatic heterocycles. The van der Waals surface area contributed by atoms with E-state index in [1.807, 2.05) is 17.2 Å². The molecule has 1 atom stereocenters. The number of para-hydroxylation sites is 2. The molecule has 1 aromatic heterocycles. The van der Waals surface area contributed by atoms with E-state index in [-0.39, 0.29) is 11.9 Å². The zero-order valence-corrected chi connectivity index (χ0v) is 19.9. The van der Waals surface area contributed by atoms with E-state index in [0.717, 1.165) is 38.8 Å². The van der Waals surface area contributed by atoms with Crippen molar-refractivity contribution in [2.45, 2.75) is 38.3 Å². The topological polar surface area (TPSA) is 56.1 Å². The number of fused-ring (bicyclic) bond motifs is 5. The number of rotatable bonds is 7. The molecule has 0 saturated carbocycles. The minimum absolute atomic E-state index is 0.0241. The molecule has 4 aromatic rings. The molecule has 1 saturated heterocycles. The van der Waals surface area contributed by atoms with Crippen molar-refractivity contribution >= 4 is 39.6 Å². The lowest BCUT2D eigenvalue weighted by Crippen LogP contribution is -2.35. The van der Waals surface area contributed by atoms with Crippen molar-refractivity contribution in [2.24, 2.45) is 4.99 Å². The number of amides is 1. The molecule has 0 spiro atoms. The summed E-state index contributed by atoms with van der Waals surface area (Å²) in [4.78, 5) is 19.6. The van der Waals surface area contributed by atoms with E-state index in [1.54, 1.807) is 13.2 Å². The monoisotopic (exact) mass is 467 g/mol. The average molecular weight is 468 g/mol. The van der Waals surface area contributed by atoms with Crippen LogP contribution in [0.2, 0.25) is 0 Å². The van der Waals surface area contributed by atoms with Gasteiger partial charge in [-0.25, -0.2) is 0 Å². The Hall–Kier alpha value is -3.80. The fraction of sp³-hybridized carbons (Fsp3) is 0.310. The number of unbranched alkanes of at least 4 members (excludes halogenated alkanes) is 1. The van der Waals surface area contributed by atoms with Gasteiger partial charge in [0.25, 0.3) is 5.91 Å². The first-order valence-electron chi connectivity index (χ1n) is 12.4. The Bertz CT molecular complexity index is 1380. The smallest absolute Gasteiger partial charge is 0.256 e. The van der Waals surface area contributed by atoms with Crippen LogP contribution in [-0.2, 0) is 6.54 Å². The van der Waals surface area contributed by atoms with Gasteiger partial charge in [0.2, 0.25) is 0 Å². The van der Waals surface area contributed by atoms with Gasteiger partial charge in [0, 0.05) is 47.2 Å². The first-order chi connectivity index (χ1) is 17.2. The normalized spacial score (nSPS) is 17.0. The Morgan fingerprint density at radius 3 is 2.46 bits per heavy atom. The number of aliphatic imine (C=N–C) groups is 1. The number of ether oxygens (including phenoxy) is 2. The molecule has 2 aliphatic rings. The molecule has 0 N–H and O–H groups in total. The number of methoxy groups -OCH3 is 1. The molecule has 0 radical (unpaired) electrons. The summed E-state index contributed by atoms with van der Waals surface area (Å²) in [6, 6.07) is 20.9. The summed E-state index contributed by atoms with van der Waals surface area (Å²) in [6.45, 7) is 2.27. The third-order valence-corrected chi connectivity index (χ3v) is 7.17. The molecule has 0 unspecified atom stereocenters. The molecule has 1 fully saturated rings. The molecule has 1 amide bonds. The Balaban J connectivity index is 1.15. The lowest BCUT2D eigenvalue weighted by atomic mass is 10.1. The summed E-state index contributed by atoms with van der Waals surface area (Å²) in [5, 5.41) is 2.59. The van der Waals surface area contributed by atoms with Gasteiger partial charge in [-0.05, 0) is 43.9 Å². The highest BCUT2D eigenvalue weighted by molar-refractivity contribution is 6.08. The van der Waals surface area contributed by atoms with Crippen LogP contribution in [0.1, 0.15) is 36.0 Å². The first-order valence-corrected chi connectivity index (χ1v) is 12.4. The van der Waals surface area contributed by atoms with Gasteiger partial charge in [0.15, 0.2) is 11.5 Å². The summed E-state index contributed by atoms with van der Waals surface area (Å²) in [5.41, 5.74) is 3.78. The van der Waals surface area contributed by atoms with E-state index in [2.05, 4.69) is 58.1 Å². The second-order valence-electron chi connectivity index (χ2n) is 9.25. The number of hydrogen-bond donors (Lipinski definition) is 0. The van der Waals surface area contributed by atoms with Crippen molar-refractivity contribution in [1.29, 1.82) is 0 Å². The quantitative estimate of drug-likeness (QED) is 0.314. The molecule has 0 aliphatic carbocycles. The summed E-state index contributed by atoms with van der Waals surface area (Å²) >= 11 is 0. The highest BCUT2D eigenvalue weighted by atomic mass is 16.5. The molecule has 35 heavy (non-hydrogen) atoms. The SMILES string of the molecule is COc1cc2c(cc1OCCCCn1c3ccccc3c3ccccc31)N=C[C@@H]1CCCN1C2=O. The maximum absolute atomic E-state index is 13.0. The zero-order valence-electron chi connectivity index (χ0n) is 19.9. The number of nitrogens with zero attached hydrogens (tertiary/aromatic N) is 3. The van der Waals surface area contributed by atoms with E-state index in [4.69, 9.17) is 9.47 Å². The van der Waals surface area contributed by atoms with Crippen LogP contribution >= 0.6 is 0 Å². The number of carbonyl (C=O) groups is 1. The standard InChI is InChI=1S/C29H29N3O3/c1-34-27-17-23-24(30-19-20-9-8-15-31(20)29(23)33)18-28(27)35-16-7-6-14-32-25-12-4-2-10-21(25)22-11-3-5-13-26(22)32/h2-5,10-13,17-20H,6-9,14-16H2,1H3/t20-/m0/s1. The highest BCUT2D eigenvalue weighted by Crippen LogP contribution is 2.38. The fourth-order valence-corrected chi connectivity index (χ4v) is 5.42. The van der Waals surface area contributed by atoms with Crippen molar-refractivity contribution in [2.75, 3.05) is 20.3 Å². The third-order valence-electron chi connectivity index (χ3n) is 7.17. The van der Waals surface area contributed by atoms with Crippen LogP contribution in [0.15, 0.2) is 65.7 Å². The van der Waals surface area contributed by atoms with E-state index in [0.29, 0.717) is 29.4 Å². The Labute approximate surface area is 204 Å². The second-order valence-corrected chi connectivity index (χ2v) is 9.25. The molecule has 3 heterocycles. The van der Waals surface area contributed by atoms with E-state index >= 15 is 0 Å². The van der Waals surface area contributed by atoms with E-state index in [1.165, 1.54) is 21.8 Å². The van der Waals surface area contributed by atoms with Gasteiger partial charge in [-0.1, -0.05) is 36.4 Å². The van der Waals surface area contributed by atoms with Crippen molar-refractivity contribution in [3.05, 3.63) is 66.2 Å². The molecular weight excluding hydrogens is 438 g/mol. The van der Waals surface area contributed by atoms with Gasteiger partial charge in [0.1, 0.15) is 0 Å². The molecular formula is C29H29N3O3. The van der Waals surface area contributed by atoms with Gasteiger partial charge >= 0.3 is 0 Å². The van der Waals surface area contributed by atoms with Gasteiger partial charge < -0.3 is 18.9 Å². The first kappa shape index (κ1) is 21.7. The van der Waals surface area contributed by atoms with Crippen LogP contribution in [-0.4, -0.2) is 47.9 Å². The lowest BCUT2D eigenvalue weighted by molar-refractivity contribution is 0.0774. The molecule has 6 nitrogen and oxygen atoms in total. The molecule has 178 valence electrons. The number of aromatic nitrogens is 1. The van der Waals surface area contributed by atoms with Crippen LogP contribution in [0, 0.1) is 0 Å². The van der Waals surface area contributed by atoms with Crippen molar-refractivity contribution < 1.29 is 14.3 Å². The minimum atomic E-state index is 0.0241. The molecule has 0 bridgehead atoms. The zero-order chi connectivity index (χ0) is 23.8. The second kappa shape index (κ2) is 9.10. The van der Waals surface area contributed by atoms with Crippen LogP contribution in [0.3, 0.4) is 0 Å². The minimum Gasteiger partial charge on any atom is -0.493 e. The fourth-order valence-electron chi connectivity index (χ4n) is 5.42. The molecule has 6 heteroatoms. The van der Waals surface area contributed by atoms with Crippen LogP contribution < -0.4 is 9.47 Å².